The standard InChI is InChI=1S/C16H24N4O2S/c1-10-11(2)20(13-6-4-5-7-13)16(18-10)23-12(3)14(21)19-9-8-17-15(19)22/h12-13H,4-9H2,1-3H3,(H,17,22)/t12-/m0/s1. The largest absolute Gasteiger partial charge is 0.336 e. The first-order valence-electron chi connectivity index (χ1n) is 8.30. The molecule has 0 spiro atoms. The maximum absolute atomic E-state index is 12.5. The average molecular weight is 336 g/mol. The summed E-state index contributed by atoms with van der Waals surface area (Å²) in [6.45, 7) is 6.97. The van der Waals surface area contributed by atoms with Gasteiger partial charge in [0.2, 0.25) is 5.91 Å². The Hall–Kier alpha value is -1.50. The molecule has 1 aliphatic carbocycles. The zero-order chi connectivity index (χ0) is 16.6. The van der Waals surface area contributed by atoms with E-state index in [2.05, 4.69) is 21.8 Å². The van der Waals surface area contributed by atoms with Gasteiger partial charge in [0.15, 0.2) is 5.16 Å². The lowest BCUT2D eigenvalue weighted by atomic mass is 10.2. The molecule has 6 nitrogen and oxygen atoms in total. The first-order chi connectivity index (χ1) is 11.0. The molecule has 2 fully saturated rings. The van der Waals surface area contributed by atoms with Crippen molar-refractivity contribution in [3.8, 4) is 0 Å². The van der Waals surface area contributed by atoms with Crippen LogP contribution in [0.3, 0.4) is 0 Å². The summed E-state index contributed by atoms with van der Waals surface area (Å²) in [5, 5.41) is 3.27. The SMILES string of the molecule is Cc1nc(S[C@@H](C)C(=O)N2CCNC2=O)n(C2CCCC2)c1C. The van der Waals surface area contributed by atoms with Gasteiger partial charge in [-0.1, -0.05) is 24.6 Å². The van der Waals surface area contributed by atoms with Crippen molar-refractivity contribution in [3.05, 3.63) is 11.4 Å². The highest BCUT2D eigenvalue weighted by molar-refractivity contribution is 8.00. The van der Waals surface area contributed by atoms with Gasteiger partial charge in [-0.15, -0.1) is 0 Å². The number of hydrogen-bond donors (Lipinski definition) is 1. The molecule has 1 aromatic heterocycles. The summed E-state index contributed by atoms with van der Waals surface area (Å²) in [6, 6.07) is 0.213. The van der Waals surface area contributed by atoms with Crippen LogP contribution >= 0.6 is 11.8 Å². The third-order valence-electron chi connectivity index (χ3n) is 4.80. The fourth-order valence-electron chi connectivity index (χ4n) is 3.38. The summed E-state index contributed by atoms with van der Waals surface area (Å²) in [4.78, 5) is 30.1. The Kier molecular flexibility index (Phi) is 4.66. The van der Waals surface area contributed by atoms with E-state index in [1.807, 2.05) is 13.8 Å². The van der Waals surface area contributed by atoms with Gasteiger partial charge in [-0.3, -0.25) is 9.69 Å². The highest BCUT2D eigenvalue weighted by Crippen LogP contribution is 2.36. The van der Waals surface area contributed by atoms with E-state index in [4.69, 9.17) is 0 Å². The summed E-state index contributed by atoms with van der Waals surface area (Å²) in [5.74, 6) is -0.138. The van der Waals surface area contributed by atoms with Gasteiger partial charge < -0.3 is 9.88 Å². The van der Waals surface area contributed by atoms with Crippen molar-refractivity contribution < 1.29 is 9.59 Å². The van der Waals surface area contributed by atoms with E-state index >= 15 is 0 Å². The number of amides is 3. The summed E-state index contributed by atoms with van der Waals surface area (Å²) >= 11 is 1.47. The Morgan fingerprint density at radius 3 is 2.65 bits per heavy atom. The highest BCUT2D eigenvalue weighted by Gasteiger charge is 2.32. The predicted octanol–water partition coefficient (Wildman–Crippen LogP) is 2.65. The van der Waals surface area contributed by atoms with Crippen LogP contribution in [0.25, 0.3) is 0 Å². The highest BCUT2D eigenvalue weighted by atomic mass is 32.2. The van der Waals surface area contributed by atoms with Crippen molar-refractivity contribution in [2.24, 2.45) is 0 Å². The number of aryl methyl sites for hydroxylation is 1. The van der Waals surface area contributed by atoms with Crippen LogP contribution in [0.5, 0.6) is 0 Å². The second-order valence-corrected chi connectivity index (χ2v) is 7.66. The third kappa shape index (κ3) is 3.11. The van der Waals surface area contributed by atoms with Crippen molar-refractivity contribution >= 4 is 23.7 Å². The van der Waals surface area contributed by atoms with Gasteiger partial charge in [0, 0.05) is 24.8 Å². The lowest BCUT2D eigenvalue weighted by molar-refractivity contribution is -0.126. The van der Waals surface area contributed by atoms with Gasteiger partial charge in [0.25, 0.3) is 0 Å². The Morgan fingerprint density at radius 1 is 1.35 bits per heavy atom. The molecule has 23 heavy (non-hydrogen) atoms. The predicted molar refractivity (Wildman–Crippen MR) is 89.6 cm³/mol. The number of carbonyl (C=O) groups excluding carboxylic acids is 2. The number of carbonyl (C=O) groups is 2. The molecule has 1 saturated heterocycles. The minimum atomic E-state index is -0.319. The summed E-state index contributed by atoms with van der Waals surface area (Å²) in [6.07, 6.45) is 4.88. The molecule has 3 rings (SSSR count). The Balaban J connectivity index is 1.78. The molecule has 1 saturated carbocycles. The van der Waals surface area contributed by atoms with Crippen LogP contribution in [0.1, 0.15) is 50.0 Å². The van der Waals surface area contributed by atoms with E-state index in [9.17, 15) is 9.59 Å². The van der Waals surface area contributed by atoms with Crippen LogP contribution in [0, 0.1) is 13.8 Å². The first-order valence-corrected chi connectivity index (χ1v) is 9.18. The maximum atomic E-state index is 12.5. The van der Waals surface area contributed by atoms with Crippen molar-refractivity contribution in [3.63, 3.8) is 0 Å². The molecule has 2 aliphatic rings. The molecule has 1 N–H and O–H groups in total. The third-order valence-corrected chi connectivity index (χ3v) is 5.85. The van der Waals surface area contributed by atoms with Gasteiger partial charge in [-0.25, -0.2) is 9.78 Å². The van der Waals surface area contributed by atoms with Gasteiger partial charge >= 0.3 is 6.03 Å². The van der Waals surface area contributed by atoms with Crippen LogP contribution in [-0.2, 0) is 4.79 Å². The molecular formula is C16H24N4O2S. The lowest BCUT2D eigenvalue weighted by Crippen LogP contribution is -2.39. The van der Waals surface area contributed by atoms with Crippen LogP contribution in [0.4, 0.5) is 4.79 Å². The number of imidazole rings is 1. The fourth-order valence-corrected chi connectivity index (χ4v) is 4.52. The number of rotatable bonds is 4. The second-order valence-electron chi connectivity index (χ2n) is 6.36. The van der Waals surface area contributed by atoms with Crippen LogP contribution in [-0.4, -0.2) is 44.7 Å². The Morgan fingerprint density at radius 2 is 2.04 bits per heavy atom. The number of imide groups is 1. The number of nitrogens with zero attached hydrogens (tertiary/aromatic N) is 3. The van der Waals surface area contributed by atoms with Crippen LogP contribution < -0.4 is 5.32 Å². The molecule has 126 valence electrons. The van der Waals surface area contributed by atoms with Gasteiger partial charge in [-0.2, -0.15) is 0 Å². The number of nitrogens with one attached hydrogen (secondary N) is 1. The molecule has 0 aromatic carbocycles. The van der Waals surface area contributed by atoms with Crippen LogP contribution in [0.2, 0.25) is 0 Å². The molecule has 0 unspecified atom stereocenters. The zero-order valence-electron chi connectivity index (χ0n) is 14.0. The van der Waals surface area contributed by atoms with E-state index in [-0.39, 0.29) is 17.2 Å². The number of thioether (sulfide) groups is 1. The van der Waals surface area contributed by atoms with Gasteiger partial charge in [-0.05, 0) is 33.6 Å². The summed E-state index contributed by atoms with van der Waals surface area (Å²) in [5.41, 5.74) is 2.22. The number of aromatic nitrogens is 2. The van der Waals surface area contributed by atoms with E-state index < -0.39 is 0 Å². The fraction of sp³-hybridized carbons (Fsp3) is 0.688. The van der Waals surface area contributed by atoms with Crippen molar-refractivity contribution in [2.75, 3.05) is 13.1 Å². The number of hydrogen-bond acceptors (Lipinski definition) is 4. The van der Waals surface area contributed by atoms with Gasteiger partial charge in [0.1, 0.15) is 0 Å². The van der Waals surface area contributed by atoms with Crippen molar-refractivity contribution in [2.45, 2.75) is 62.9 Å². The molecule has 7 heteroatoms. The second kappa shape index (κ2) is 6.55. The maximum Gasteiger partial charge on any atom is 0.324 e. The normalized spacial score (nSPS) is 20.1. The van der Waals surface area contributed by atoms with E-state index in [0.29, 0.717) is 19.1 Å². The molecule has 0 radical (unpaired) electrons. The van der Waals surface area contributed by atoms with E-state index in [1.165, 1.54) is 48.0 Å². The molecular weight excluding hydrogens is 312 g/mol. The van der Waals surface area contributed by atoms with E-state index in [0.717, 1.165) is 10.9 Å². The van der Waals surface area contributed by atoms with Gasteiger partial charge in [0.05, 0.1) is 10.9 Å². The summed E-state index contributed by atoms with van der Waals surface area (Å²) in [7, 11) is 0. The molecule has 1 aliphatic heterocycles. The quantitative estimate of drug-likeness (QED) is 0.858. The molecule has 0 bridgehead atoms. The smallest absolute Gasteiger partial charge is 0.324 e. The van der Waals surface area contributed by atoms with Crippen LogP contribution in [0.15, 0.2) is 5.16 Å². The molecule has 1 aromatic rings. The molecule has 2 heterocycles. The summed E-state index contributed by atoms with van der Waals surface area (Å²) < 4.78 is 2.31. The Labute approximate surface area is 141 Å². The minimum absolute atomic E-state index is 0.138. The van der Waals surface area contributed by atoms with Crippen molar-refractivity contribution in [1.82, 2.24) is 19.8 Å². The topological polar surface area (TPSA) is 67.2 Å². The molecule has 1 atom stereocenters. The average Bonchev–Trinajstić information content (AvgIpc) is 3.22. The van der Waals surface area contributed by atoms with E-state index in [1.54, 1.807) is 0 Å². The monoisotopic (exact) mass is 336 g/mol. The molecule has 3 amide bonds. The lowest BCUT2D eigenvalue weighted by Gasteiger charge is -2.20. The van der Waals surface area contributed by atoms with Crippen molar-refractivity contribution in [1.29, 1.82) is 0 Å². The Bertz CT molecular complexity index is 622. The zero-order valence-corrected chi connectivity index (χ0v) is 14.8. The number of urea groups is 1. The minimum Gasteiger partial charge on any atom is -0.336 e. The first kappa shape index (κ1) is 16.4.